The lowest BCUT2D eigenvalue weighted by atomic mass is 10.0. The van der Waals surface area contributed by atoms with Crippen LogP contribution in [0.1, 0.15) is 19.3 Å². The molecule has 1 atom stereocenters. The van der Waals surface area contributed by atoms with Crippen LogP contribution >= 0.6 is 12.4 Å². The van der Waals surface area contributed by atoms with Gasteiger partial charge < -0.3 is 20.1 Å². The molecule has 0 radical (unpaired) electrons. The third kappa shape index (κ3) is 3.11. The molecule has 0 unspecified atom stereocenters. The fourth-order valence-corrected chi connectivity index (χ4v) is 2.28. The van der Waals surface area contributed by atoms with Gasteiger partial charge in [-0.1, -0.05) is 6.42 Å². The first-order valence-electron chi connectivity index (χ1n) is 6.27. The lowest BCUT2D eigenvalue weighted by molar-refractivity contribution is -0.118. The highest BCUT2D eigenvalue weighted by Crippen LogP contribution is 2.34. The van der Waals surface area contributed by atoms with Crippen LogP contribution in [-0.2, 0) is 4.79 Å². The third-order valence-electron chi connectivity index (χ3n) is 3.27. The summed E-state index contributed by atoms with van der Waals surface area (Å²) in [6.45, 7) is 1.16. The summed E-state index contributed by atoms with van der Waals surface area (Å²) in [4.78, 5) is 12.0. The van der Waals surface area contributed by atoms with E-state index in [0.29, 0.717) is 5.75 Å². The van der Waals surface area contributed by atoms with Crippen LogP contribution in [0.2, 0.25) is 0 Å². The van der Waals surface area contributed by atoms with Crippen LogP contribution in [0.5, 0.6) is 11.5 Å². The summed E-state index contributed by atoms with van der Waals surface area (Å²) < 4.78 is 10.5. The van der Waals surface area contributed by atoms with Gasteiger partial charge in [0.25, 0.3) is 0 Å². The summed E-state index contributed by atoms with van der Waals surface area (Å²) in [6.07, 6.45) is 3.15. The van der Waals surface area contributed by atoms with Crippen LogP contribution in [0.3, 0.4) is 0 Å². The maximum atomic E-state index is 12.0. The molecule has 0 saturated carbocycles. The van der Waals surface area contributed by atoms with Crippen molar-refractivity contribution in [3.8, 4) is 11.5 Å². The predicted molar refractivity (Wildman–Crippen MR) is 74.1 cm³/mol. The molecule has 1 aromatic rings. The maximum absolute atomic E-state index is 12.0. The molecule has 1 saturated heterocycles. The highest BCUT2D eigenvalue weighted by atomic mass is 35.5. The van der Waals surface area contributed by atoms with Crippen molar-refractivity contribution in [1.29, 1.82) is 0 Å². The Morgan fingerprint density at radius 1 is 1.26 bits per heavy atom. The Labute approximate surface area is 118 Å². The highest BCUT2D eigenvalue weighted by Gasteiger charge is 2.21. The largest absolute Gasteiger partial charge is 0.454 e. The molecule has 1 amide bonds. The SMILES string of the molecule is Cl.O=C(Nc1ccc2c(c1)OCO2)[C@@H]1CCCCN1. The molecule has 1 fully saturated rings. The molecule has 6 heteroatoms. The van der Waals surface area contributed by atoms with E-state index < -0.39 is 0 Å². The minimum Gasteiger partial charge on any atom is -0.454 e. The van der Waals surface area contributed by atoms with Crippen molar-refractivity contribution in [2.75, 3.05) is 18.7 Å². The summed E-state index contributed by atoms with van der Waals surface area (Å²) in [7, 11) is 0. The average Bonchev–Trinajstić information content (AvgIpc) is 2.87. The van der Waals surface area contributed by atoms with Crippen LogP contribution < -0.4 is 20.1 Å². The van der Waals surface area contributed by atoms with E-state index in [2.05, 4.69) is 10.6 Å². The number of anilines is 1. The first-order valence-corrected chi connectivity index (χ1v) is 6.27. The summed E-state index contributed by atoms with van der Waals surface area (Å²) in [5.41, 5.74) is 0.747. The highest BCUT2D eigenvalue weighted by molar-refractivity contribution is 5.95. The van der Waals surface area contributed by atoms with E-state index in [1.54, 1.807) is 6.07 Å². The van der Waals surface area contributed by atoms with Crippen molar-refractivity contribution in [2.24, 2.45) is 0 Å². The molecular weight excluding hydrogens is 268 g/mol. The molecule has 0 aromatic heterocycles. The first-order chi connectivity index (χ1) is 8.83. The van der Waals surface area contributed by atoms with Gasteiger partial charge in [0.2, 0.25) is 12.7 Å². The zero-order chi connectivity index (χ0) is 12.4. The second kappa shape index (κ2) is 6.12. The van der Waals surface area contributed by atoms with Crippen molar-refractivity contribution in [3.05, 3.63) is 18.2 Å². The molecular formula is C13H17ClN2O3. The normalized spacial score (nSPS) is 20.5. The quantitative estimate of drug-likeness (QED) is 0.871. The second-order valence-electron chi connectivity index (χ2n) is 4.56. The Balaban J connectivity index is 0.00000133. The number of fused-ring (bicyclic) bond motifs is 1. The summed E-state index contributed by atoms with van der Waals surface area (Å²) in [5, 5.41) is 6.13. The Hall–Kier alpha value is -1.46. The molecule has 3 rings (SSSR count). The fraction of sp³-hybridized carbons (Fsp3) is 0.462. The molecule has 2 N–H and O–H groups in total. The van der Waals surface area contributed by atoms with Crippen molar-refractivity contribution in [2.45, 2.75) is 25.3 Å². The number of benzene rings is 1. The number of hydrogen-bond acceptors (Lipinski definition) is 4. The van der Waals surface area contributed by atoms with E-state index >= 15 is 0 Å². The smallest absolute Gasteiger partial charge is 0.241 e. The first kappa shape index (κ1) is 14.0. The van der Waals surface area contributed by atoms with Gasteiger partial charge in [0.1, 0.15) is 0 Å². The number of rotatable bonds is 2. The van der Waals surface area contributed by atoms with E-state index in [0.717, 1.165) is 37.2 Å². The number of hydrogen-bond donors (Lipinski definition) is 2. The Morgan fingerprint density at radius 3 is 2.89 bits per heavy atom. The van der Waals surface area contributed by atoms with Gasteiger partial charge in [-0.2, -0.15) is 0 Å². The molecule has 2 aliphatic rings. The lowest BCUT2D eigenvalue weighted by Crippen LogP contribution is -2.43. The summed E-state index contributed by atoms with van der Waals surface area (Å²) >= 11 is 0. The fourth-order valence-electron chi connectivity index (χ4n) is 2.28. The van der Waals surface area contributed by atoms with Gasteiger partial charge in [0.05, 0.1) is 6.04 Å². The van der Waals surface area contributed by atoms with Crippen LogP contribution in [-0.4, -0.2) is 25.3 Å². The van der Waals surface area contributed by atoms with Crippen LogP contribution in [0.4, 0.5) is 5.69 Å². The molecule has 2 heterocycles. The maximum Gasteiger partial charge on any atom is 0.241 e. The number of nitrogens with one attached hydrogen (secondary N) is 2. The zero-order valence-electron chi connectivity index (χ0n) is 10.5. The van der Waals surface area contributed by atoms with Crippen molar-refractivity contribution in [1.82, 2.24) is 5.32 Å². The molecule has 1 aromatic carbocycles. The molecule has 5 nitrogen and oxygen atoms in total. The van der Waals surface area contributed by atoms with E-state index in [9.17, 15) is 4.79 Å². The summed E-state index contributed by atoms with van der Waals surface area (Å²) in [6, 6.07) is 5.35. The Morgan fingerprint density at radius 2 is 2.11 bits per heavy atom. The van der Waals surface area contributed by atoms with E-state index in [-0.39, 0.29) is 31.1 Å². The number of piperidine rings is 1. The number of carbonyl (C=O) groups excluding carboxylic acids is 1. The topological polar surface area (TPSA) is 59.6 Å². The Bertz CT molecular complexity index is 461. The van der Waals surface area contributed by atoms with Crippen LogP contribution in [0, 0.1) is 0 Å². The number of carbonyl (C=O) groups is 1. The zero-order valence-corrected chi connectivity index (χ0v) is 11.3. The lowest BCUT2D eigenvalue weighted by Gasteiger charge is -2.22. The molecule has 0 spiro atoms. The van der Waals surface area contributed by atoms with Gasteiger partial charge in [-0.05, 0) is 31.5 Å². The van der Waals surface area contributed by atoms with Gasteiger partial charge in [-0.3, -0.25) is 4.79 Å². The molecule has 0 bridgehead atoms. The molecule has 0 aliphatic carbocycles. The van der Waals surface area contributed by atoms with Crippen LogP contribution in [0.25, 0.3) is 0 Å². The van der Waals surface area contributed by atoms with Crippen molar-refractivity contribution >= 4 is 24.0 Å². The number of amides is 1. The third-order valence-corrected chi connectivity index (χ3v) is 3.27. The van der Waals surface area contributed by atoms with Crippen molar-refractivity contribution in [3.63, 3.8) is 0 Å². The van der Waals surface area contributed by atoms with Gasteiger partial charge >= 0.3 is 0 Å². The van der Waals surface area contributed by atoms with E-state index in [1.807, 2.05) is 12.1 Å². The standard InChI is InChI=1S/C13H16N2O3.ClH/c16-13(10-3-1-2-6-14-10)15-9-4-5-11-12(7-9)18-8-17-11;/h4-5,7,10,14H,1-3,6,8H2,(H,15,16);1H/t10-;/m0./s1. The van der Waals surface area contributed by atoms with Gasteiger partial charge in [-0.25, -0.2) is 0 Å². The number of ether oxygens (including phenoxy) is 2. The molecule has 104 valence electrons. The summed E-state index contributed by atoms with van der Waals surface area (Å²) in [5.74, 6) is 1.43. The minimum absolute atomic E-state index is 0. The van der Waals surface area contributed by atoms with Gasteiger partial charge in [0.15, 0.2) is 11.5 Å². The average molecular weight is 285 g/mol. The second-order valence-corrected chi connectivity index (χ2v) is 4.56. The Kier molecular flexibility index (Phi) is 4.50. The monoisotopic (exact) mass is 284 g/mol. The minimum atomic E-state index is -0.0795. The number of halogens is 1. The molecule has 19 heavy (non-hydrogen) atoms. The van der Waals surface area contributed by atoms with E-state index in [4.69, 9.17) is 9.47 Å². The van der Waals surface area contributed by atoms with Gasteiger partial charge in [-0.15, -0.1) is 12.4 Å². The van der Waals surface area contributed by atoms with Crippen LogP contribution in [0.15, 0.2) is 18.2 Å². The predicted octanol–water partition coefficient (Wildman–Crippen LogP) is 1.92. The van der Waals surface area contributed by atoms with Crippen molar-refractivity contribution < 1.29 is 14.3 Å². The van der Waals surface area contributed by atoms with E-state index in [1.165, 1.54) is 0 Å². The van der Waals surface area contributed by atoms with Gasteiger partial charge in [0, 0.05) is 11.8 Å². The molecule has 2 aliphatic heterocycles.